The number of carbonyl (C=O) groups is 3. The van der Waals surface area contributed by atoms with Crippen molar-refractivity contribution in [2.24, 2.45) is 0 Å². The molecule has 0 aromatic heterocycles. The highest BCUT2D eigenvalue weighted by Gasteiger charge is 2.11. The summed E-state index contributed by atoms with van der Waals surface area (Å²) < 4.78 is 15.8. The summed E-state index contributed by atoms with van der Waals surface area (Å²) in [7, 11) is 1.49. The van der Waals surface area contributed by atoms with Crippen LogP contribution in [0.5, 0.6) is 17.2 Å². The largest absolute Gasteiger partial charge is 0.495 e. The summed E-state index contributed by atoms with van der Waals surface area (Å²) in [4.78, 5) is 36.0. The number of hydrogen-bond donors (Lipinski definition) is 2. The maximum atomic E-state index is 12.2. The van der Waals surface area contributed by atoms with Crippen molar-refractivity contribution in [3.63, 3.8) is 0 Å². The standard InChI is InChI=1S/C26H25ClN2O6/c1-33-23-10-5-3-8-21(23)29-25(31)17-34-26(32)12-6-11-24(30)28-18-13-15-19(16-14-18)35-22-9-4-2-7-20(22)27/h2-5,7-10,13-16H,6,11-12,17H2,1H3,(H,28,30)(H,29,31). The summed E-state index contributed by atoms with van der Waals surface area (Å²) in [5.41, 5.74) is 1.08. The van der Waals surface area contributed by atoms with Crippen LogP contribution in [0.15, 0.2) is 72.8 Å². The number of benzene rings is 3. The highest BCUT2D eigenvalue weighted by molar-refractivity contribution is 6.32. The lowest BCUT2D eigenvalue weighted by atomic mass is 10.2. The molecule has 2 amide bonds. The minimum Gasteiger partial charge on any atom is -0.495 e. The van der Waals surface area contributed by atoms with Crippen molar-refractivity contribution in [1.82, 2.24) is 0 Å². The van der Waals surface area contributed by atoms with E-state index >= 15 is 0 Å². The van der Waals surface area contributed by atoms with Gasteiger partial charge in [0.2, 0.25) is 5.91 Å². The van der Waals surface area contributed by atoms with Crippen molar-refractivity contribution in [2.75, 3.05) is 24.4 Å². The van der Waals surface area contributed by atoms with Gasteiger partial charge in [-0.15, -0.1) is 0 Å². The third-order valence-corrected chi connectivity index (χ3v) is 5.04. The fourth-order valence-corrected chi connectivity index (χ4v) is 3.20. The Morgan fingerprint density at radius 3 is 2.20 bits per heavy atom. The average Bonchev–Trinajstić information content (AvgIpc) is 2.85. The number of methoxy groups -OCH3 is 1. The zero-order chi connectivity index (χ0) is 25.0. The number of ether oxygens (including phenoxy) is 3. The fraction of sp³-hybridized carbons (Fsp3) is 0.192. The van der Waals surface area contributed by atoms with Gasteiger partial charge in [0.05, 0.1) is 17.8 Å². The van der Waals surface area contributed by atoms with Gasteiger partial charge in [0.1, 0.15) is 17.2 Å². The summed E-state index contributed by atoms with van der Waals surface area (Å²) in [5.74, 6) is 0.327. The number of halogens is 1. The lowest BCUT2D eigenvalue weighted by molar-refractivity contribution is -0.147. The molecular formula is C26H25ClN2O6. The van der Waals surface area contributed by atoms with E-state index < -0.39 is 18.5 Å². The molecule has 0 unspecified atom stereocenters. The Bertz CT molecular complexity index is 1170. The third-order valence-electron chi connectivity index (χ3n) is 4.73. The van der Waals surface area contributed by atoms with E-state index in [9.17, 15) is 14.4 Å². The lowest BCUT2D eigenvalue weighted by Crippen LogP contribution is -2.21. The summed E-state index contributed by atoms with van der Waals surface area (Å²) >= 11 is 6.08. The monoisotopic (exact) mass is 496 g/mol. The second kappa shape index (κ2) is 13.0. The van der Waals surface area contributed by atoms with Crippen molar-refractivity contribution >= 4 is 40.8 Å². The fourth-order valence-electron chi connectivity index (χ4n) is 3.03. The maximum absolute atomic E-state index is 12.2. The number of anilines is 2. The number of esters is 1. The van der Waals surface area contributed by atoms with E-state index in [1.807, 2.05) is 12.1 Å². The summed E-state index contributed by atoms with van der Waals surface area (Å²) in [6, 6.07) is 20.9. The SMILES string of the molecule is COc1ccccc1NC(=O)COC(=O)CCCC(=O)Nc1ccc(Oc2ccccc2Cl)cc1. The molecule has 9 heteroatoms. The summed E-state index contributed by atoms with van der Waals surface area (Å²) in [6.45, 7) is -0.425. The van der Waals surface area contributed by atoms with Crippen molar-refractivity contribution in [2.45, 2.75) is 19.3 Å². The van der Waals surface area contributed by atoms with Crippen LogP contribution >= 0.6 is 11.6 Å². The Hall–Kier alpha value is -4.04. The molecular weight excluding hydrogens is 472 g/mol. The normalized spacial score (nSPS) is 10.2. The van der Waals surface area contributed by atoms with Gasteiger partial charge < -0.3 is 24.8 Å². The molecule has 0 radical (unpaired) electrons. The predicted molar refractivity (Wildman–Crippen MR) is 133 cm³/mol. The van der Waals surface area contributed by atoms with Crippen LogP contribution in [0, 0.1) is 0 Å². The zero-order valence-electron chi connectivity index (χ0n) is 19.1. The summed E-state index contributed by atoms with van der Waals surface area (Å²) in [6.07, 6.45) is 0.423. The van der Waals surface area contributed by atoms with Gasteiger partial charge >= 0.3 is 5.97 Å². The second-order valence-electron chi connectivity index (χ2n) is 7.37. The first-order valence-electron chi connectivity index (χ1n) is 10.9. The first kappa shape index (κ1) is 25.6. The van der Waals surface area contributed by atoms with E-state index in [0.717, 1.165) is 0 Å². The van der Waals surface area contributed by atoms with Crippen molar-refractivity contribution in [3.8, 4) is 17.2 Å². The topological polar surface area (TPSA) is 103 Å². The Balaban J connectivity index is 1.34. The van der Waals surface area contributed by atoms with Gasteiger partial charge in [-0.25, -0.2) is 0 Å². The van der Waals surface area contributed by atoms with Gasteiger partial charge in [-0.2, -0.15) is 0 Å². The van der Waals surface area contributed by atoms with Crippen LogP contribution in [0.3, 0.4) is 0 Å². The van der Waals surface area contributed by atoms with Gasteiger partial charge in [-0.1, -0.05) is 35.9 Å². The Kier molecular flexibility index (Phi) is 9.50. The molecule has 0 saturated heterocycles. The highest BCUT2D eigenvalue weighted by Crippen LogP contribution is 2.29. The minimum atomic E-state index is -0.561. The molecule has 0 spiro atoms. The van der Waals surface area contributed by atoms with Crippen molar-refractivity contribution in [3.05, 3.63) is 77.8 Å². The van der Waals surface area contributed by atoms with E-state index in [1.165, 1.54) is 7.11 Å². The number of rotatable bonds is 11. The van der Waals surface area contributed by atoms with Gasteiger partial charge in [0.15, 0.2) is 6.61 Å². The molecule has 0 bridgehead atoms. The highest BCUT2D eigenvalue weighted by atomic mass is 35.5. The van der Waals surface area contributed by atoms with E-state index in [-0.39, 0.29) is 25.2 Å². The van der Waals surface area contributed by atoms with Gasteiger partial charge in [0, 0.05) is 18.5 Å². The number of para-hydroxylation sites is 3. The molecule has 0 fully saturated rings. The molecule has 0 atom stereocenters. The molecule has 0 aliphatic heterocycles. The predicted octanol–water partition coefficient (Wildman–Crippen LogP) is 5.43. The third kappa shape index (κ3) is 8.35. The van der Waals surface area contributed by atoms with Gasteiger partial charge in [-0.05, 0) is 55.0 Å². The van der Waals surface area contributed by atoms with E-state index in [2.05, 4.69) is 10.6 Å². The molecule has 0 saturated carbocycles. The molecule has 2 N–H and O–H groups in total. The van der Waals surface area contributed by atoms with E-state index in [4.69, 9.17) is 25.8 Å². The molecule has 182 valence electrons. The molecule has 3 rings (SSSR count). The van der Waals surface area contributed by atoms with E-state index in [1.54, 1.807) is 60.7 Å². The van der Waals surface area contributed by atoms with Crippen LogP contribution < -0.4 is 20.1 Å². The molecule has 3 aromatic carbocycles. The molecule has 35 heavy (non-hydrogen) atoms. The van der Waals surface area contributed by atoms with Crippen LogP contribution in [-0.4, -0.2) is 31.5 Å². The van der Waals surface area contributed by atoms with Gasteiger partial charge in [-0.3, -0.25) is 14.4 Å². The molecule has 0 aliphatic rings. The Morgan fingerprint density at radius 2 is 1.49 bits per heavy atom. The number of hydrogen-bond acceptors (Lipinski definition) is 6. The number of nitrogens with one attached hydrogen (secondary N) is 2. The van der Waals surface area contributed by atoms with Crippen LogP contribution in [-0.2, 0) is 19.1 Å². The molecule has 0 heterocycles. The summed E-state index contributed by atoms with van der Waals surface area (Å²) in [5, 5.41) is 5.88. The van der Waals surface area contributed by atoms with Crippen molar-refractivity contribution in [1.29, 1.82) is 0 Å². The number of amides is 2. The van der Waals surface area contributed by atoms with Crippen LogP contribution in [0.4, 0.5) is 11.4 Å². The van der Waals surface area contributed by atoms with Crippen LogP contribution in [0.25, 0.3) is 0 Å². The van der Waals surface area contributed by atoms with Crippen molar-refractivity contribution < 1.29 is 28.6 Å². The quantitative estimate of drug-likeness (QED) is 0.343. The van der Waals surface area contributed by atoms with E-state index in [0.29, 0.717) is 33.6 Å². The number of carbonyl (C=O) groups excluding carboxylic acids is 3. The Labute approximate surface area is 208 Å². The molecule has 8 nitrogen and oxygen atoms in total. The maximum Gasteiger partial charge on any atom is 0.306 e. The van der Waals surface area contributed by atoms with Crippen LogP contribution in [0.2, 0.25) is 5.02 Å². The van der Waals surface area contributed by atoms with Crippen LogP contribution in [0.1, 0.15) is 19.3 Å². The Morgan fingerprint density at radius 1 is 0.800 bits per heavy atom. The first-order chi connectivity index (χ1) is 16.9. The first-order valence-corrected chi connectivity index (χ1v) is 11.2. The zero-order valence-corrected chi connectivity index (χ0v) is 19.8. The molecule has 3 aromatic rings. The minimum absolute atomic E-state index is 0.0139. The lowest BCUT2D eigenvalue weighted by Gasteiger charge is -2.10. The molecule has 0 aliphatic carbocycles. The second-order valence-corrected chi connectivity index (χ2v) is 7.77. The smallest absolute Gasteiger partial charge is 0.306 e. The van der Waals surface area contributed by atoms with Gasteiger partial charge in [0.25, 0.3) is 5.91 Å². The average molecular weight is 497 g/mol.